The molecule has 2 heterocycles. The molecular formula is C21H33F3N2O8S. The van der Waals surface area contributed by atoms with Crippen LogP contribution < -0.4 is 0 Å². The summed E-state index contributed by atoms with van der Waals surface area (Å²) in [5, 5.41) is 0. The van der Waals surface area contributed by atoms with E-state index in [0.29, 0.717) is 25.9 Å². The molecule has 1 saturated heterocycles. The van der Waals surface area contributed by atoms with Crippen molar-refractivity contribution in [1.82, 2.24) is 9.80 Å². The maximum absolute atomic E-state index is 12.2. The van der Waals surface area contributed by atoms with Crippen LogP contribution in [0.1, 0.15) is 60.8 Å². The fraction of sp³-hybridized carbons (Fsp3) is 0.762. The van der Waals surface area contributed by atoms with Gasteiger partial charge in [0.15, 0.2) is 0 Å². The van der Waals surface area contributed by atoms with Crippen LogP contribution in [0, 0.1) is 0 Å². The Bertz CT molecular complexity index is 908. The zero-order valence-corrected chi connectivity index (χ0v) is 21.5. The minimum absolute atomic E-state index is 0.00806. The van der Waals surface area contributed by atoms with Gasteiger partial charge in [-0.15, -0.1) is 0 Å². The molecule has 0 aromatic heterocycles. The number of piperidine rings is 1. The largest absolute Gasteiger partial charge is 0.534 e. The molecule has 0 radical (unpaired) electrons. The van der Waals surface area contributed by atoms with Crippen LogP contribution >= 0.6 is 0 Å². The third-order valence-corrected chi connectivity index (χ3v) is 5.29. The van der Waals surface area contributed by atoms with Crippen LogP contribution in [0.4, 0.5) is 22.8 Å². The third kappa shape index (κ3) is 11.2. The van der Waals surface area contributed by atoms with Crippen molar-refractivity contribution in [3.05, 3.63) is 11.8 Å². The van der Waals surface area contributed by atoms with E-state index < -0.39 is 32.9 Å². The zero-order chi connectivity index (χ0) is 27.2. The molecule has 2 aliphatic heterocycles. The van der Waals surface area contributed by atoms with Crippen LogP contribution in [0.3, 0.4) is 0 Å². The first-order valence-electron chi connectivity index (χ1n) is 10.9. The van der Waals surface area contributed by atoms with Crippen LogP contribution in [0.2, 0.25) is 0 Å². The number of ether oxygens (including phenoxy) is 2. The number of alkyl halides is 3. The highest BCUT2D eigenvalue weighted by atomic mass is 32.2. The number of amides is 2. The molecule has 0 bridgehead atoms. The molecule has 0 aromatic carbocycles. The van der Waals surface area contributed by atoms with E-state index in [-0.39, 0.29) is 37.1 Å². The average molecular weight is 531 g/mol. The van der Waals surface area contributed by atoms with E-state index in [1.807, 2.05) is 20.8 Å². The van der Waals surface area contributed by atoms with E-state index in [9.17, 15) is 36.0 Å². The molecule has 0 N–H and O–H groups in total. The minimum Gasteiger partial charge on any atom is -0.444 e. The molecule has 0 aromatic rings. The predicted octanol–water partition coefficient (Wildman–Crippen LogP) is 3.96. The van der Waals surface area contributed by atoms with Crippen molar-refractivity contribution in [2.45, 2.75) is 77.5 Å². The van der Waals surface area contributed by atoms with E-state index in [1.54, 1.807) is 25.7 Å². The van der Waals surface area contributed by atoms with Crippen molar-refractivity contribution in [3.8, 4) is 0 Å². The Morgan fingerprint density at radius 1 is 0.829 bits per heavy atom. The number of nitrogens with zero attached hydrogens (tertiary/aromatic N) is 2. The predicted molar refractivity (Wildman–Crippen MR) is 119 cm³/mol. The van der Waals surface area contributed by atoms with Crippen molar-refractivity contribution >= 4 is 28.1 Å². The highest BCUT2D eigenvalue weighted by Gasteiger charge is 2.49. The van der Waals surface area contributed by atoms with Crippen molar-refractivity contribution in [2.75, 3.05) is 26.2 Å². The number of carbonyl (C=O) groups excluding carboxylic acids is 3. The lowest BCUT2D eigenvalue weighted by atomic mass is 10.1. The maximum atomic E-state index is 12.2. The molecule has 35 heavy (non-hydrogen) atoms. The highest BCUT2D eigenvalue weighted by molar-refractivity contribution is 7.87. The first-order chi connectivity index (χ1) is 15.7. The van der Waals surface area contributed by atoms with Gasteiger partial charge < -0.3 is 23.5 Å². The first kappa shape index (κ1) is 30.5. The number of carbonyl (C=O) groups is 3. The Hall–Kier alpha value is -2.51. The summed E-state index contributed by atoms with van der Waals surface area (Å²) in [7, 11) is -5.67. The van der Waals surface area contributed by atoms with Gasteiger partial charge in [0.05, 0.1) is 0 Å². The second kappa shape index (κ2) is 11.5. The number of ketones is 1. The Morgan fingerprint density at radius 2 is 1.26 bits per heavy atom. The molecule has 0 spiro atoms. The van der Waals surface area contributed by atoms with Gasteiger partial charge in [-0.1, -0.05) is 0 Å². The molecule has 2 rings (SSSR count). The molecule has 0 unspecified atom stereocenters. The van der Waals surface area contributed by atoms with E-state index in [1.165, 1.54) is 4.90 Å². The Morgan fingerprint density at radius 3 is 1.63 bits per heavy atom. The number of rotatable bonds is 2. The lowest BCUT2D eigenvalue weighted by molar-refractivity contribution is -0.121. The summed E-state index contributed by atoms with van der Waals surface area (Å²) in [6.07, 6.45) is 0.936. The van der Waals surface area contributed by atoms with E-state index >= 15 is 0 Å². The lowest BCUT2D eigenvalue weighted by Crippen LogP contribution is -2.41. The van der Waals surface area contributed by atoms with Crippen LogP contribution in [0.15, 0.2) is 11.8 Å². The Labute approximate surface area is 203 Å². The third-order valence-electron chi connectivity index (χ3n) is 4.29. The molecule has 0 atom stereocenters. The smallest absolute Gasteiger partial charge is 0.444 e. The summed E-state index contributed by atoms with van der Waals surface area (Å²) in [4.78, 5) is 37.0. The number of hydrogen-bond acceptors (Lipinski definition) is 8. The van der Waals surface area contributed by atoms with Crippen molar-refractivity contribution in [2.24, 2.45) is 0 Å². The lowest BCUT2D eigenvalue weighted by Gasteiger charge is -2.29. The summed E-state index contributed by atoms with van der Waals surface area (Å²) >= 11 is 0. The van der Waals surface area contributed by atoms with Gasteiger partial charge in [0.25, 0.3) is 0 Å². The SMILES string of the molecule is CC(C)(C)OC(=O)N1CC=C(OS(=O)(=O)C(F)(F)F)CC1.CC(C)(C)OC(=O)N1CCC(=O)CC1. The van der Waals surface area contributed by atoms with Gasteiger partial charge >= 0.3 is 27.8 Å². The van der Waals surface area contributed by atoms with E-state index in [0.717, 1.165) is 6.08 Å². The monoisotopic (exact) mass is 530 g/mol. The molecule has 2 amide bonds. The molecular weight excluding hydrogens is 497 g/mol. The van der Waals surface area contributed by atoms with E-state index in [4.69, 9.17) is 9.47 Å². The van der Waals surface area contributed by atoms with E-state index in [2.05, 4.69) is 4.18 Å². The Balaban J connectivity index is 0.000000379. The second-order valence-corrected chi connectivity index (χ2v) is 11.4. The van der Waals surface area contributed by atoms with Crippen LogP contribution in [0.5, 0.6) is 0 Å². The molecule has 2 aliphatic rings. The second-order valence-electron chi connectivity index (χ2n) is 9.84. The standard InChI is InChI=1S/C11H16F3NO5S.C10H17NO3/c1-10(2,3)19-9(16)15-6-4-8(5-7-15)20-21(17,18)11(12,13)14;1-10(2,3)14-9(13)11-6-4-8(12)5-7-11/h4H,5-7H2,1-3H3;4-7H2,1-3H3. The molecule has 1 fully saturated rings. The average Bonchev–Trinajstić information content (AvgIpc) is 2.65. The van der Waals surface area contributed by atoms with Gasteiger partial charge in [-0.2, -0.15) is 21.6 Å². The fourth-order valence-electron chi connectivity index (χ4n) is 2.67. The fourth-order valence-corrected chi connectivity index (χ4v) is 3.20. The molecule has 202 valence electrons. The molecule has 10 nitrogen and oxygen atoms in total. The summed E-state index contributed by atoms with van der Waals surface area (Å²) in [6.45, 7) is 11.4. The summed E-state index contributed by atoms with van der Waals surface area (Å²) in [6, 6.07) is 0. The normalized spacial score (nSPS) is 17.6. The van der Waals surface area contributed by atoms with Gasteiger partial charge in [0, 0.05) is 45.4 Å². The van der Waals surface area contributed by atoms with Crippen LogP contribution in [0.25, 0.3) is 0 Å². The van der Waals surface area contributed by atoms with Gasteiger partial charge in [0.1, 0.15) is 22.7 Å². The van der Waals surface area contributed by atoms with Crippen molar-refractivity contribution in [3.63, 3.8) is 0 Å². The summed E-state index contributed by atoms with van der Waals surface area (Å²) in [5.41, 5.74) is -6.63. The quantitative estimate of drug-likeness (QED) is 0.389. The van der Waals surface area contributed by atoms with Crippen LogP contribution in [-0.4, -0.2) is 79.1 Å². The molecule has 0 saturated carbocycles. The summed E-state index contributed by atoms with van der Waals surface area (Å²) in [5.74, 6) is -0.114. The zero-order valence-electron chi connectivity index (χ0n) is 20.7. The maximum Gasteiger partial charge on any atom is 0.534 e. The van der Waals surface area contributed by atoms with Gasteiger partial charge in [-0.3, -0.25) is 4.79 Å². The number of halogens is 3. The van der Waals surface area contributed by atoms with Crippen LogP contribution in [-0.2, 0) is 28.6 Å². The Kier molecular flexibility index (Phi) is 10.0. The summed E-state index contributed by atoms with van der Waals surface area (Å²) < 4.78 is 72.4. The highest BCUT2D eigenvalue weighted by Crippen LogP contribution is 2.28. The number of likely N-dealkylation sites (tertiary alicyclic amines) is 1. The molecule has 0 aliphatic carbocycles. The van der Waals surface area contributed by atoms with Gasteiger partial charge in [-0.25, -0.2) is 9.59 Å². The number of hydrogen-bond donors (Lipinski definition) is 0. The van der Waals surface area contributed by atoms with Crippen molar-refractivity contribution < 1.29 is 49.6 Å². The van der Waals surface area contributed by atoms with Gasteiger partial charge in [-0.05, 0) is 47.6 Å². The minimum atomic E-state index is -5.67. The first-order valence-corrected chi connectivity index (χ1v) is 12.3. The number of Topliss-reactive ketones (excluding diaryl/α,β-unsaturated/α-hetero) is 1. The van der Waals surface area contributed by atoms with Gasteiger partial charge in [0.2, 0.25) is 0 Å². The topological polar surface area (TPSA) is 120 Å². The van der Waals surface area contributed by atoms with Crippen molar-refractivity contribution in [1.29, 1.82) is 0 Å². The molecule has 14 heteroatoms.